The van der Waals surface area contributed by atoms with Crippen LogP contribution in [0.25, 0.3) is 0 Å². The van der Waals surface area contributed by atoms with Crippen molar-refractivity contribution < 1.29 is 29.0 Å². The quantitative estimate of drug-likeness (QED) is 0.607. The van der Waals surface area contributed by atoms with Crippen LogP contribution in [0.15, 0.2) is 18.2 Å². The fourth-order valence-electron chi connectivity index (χ4n) is 1.26. The lowest BCUT2D eigenvalue weighted by atomic mass is 10.1. The van der Waals surface area contributed by atoms with E-state index in [1.54, 1.807) is 0 Å². The van der Waals surface area contributed by atoms with E-state index in [1.165, 1.54) is 0 Å². The zero-order chi connectivity index (χ0) is 14.6. The third-order valence-electron chi connectivity index (χ3n) is 2.21. The van der Waals surface area contributed by atoms with Gasteiger partial charge in [-0.05, 0) is 18.2 Å². The summed E-state index contributed by atoms with van der Waals surface area (Å²) in [5, 5.41) is 19.2. The van der Waals surface area contributed by atoms with Crippen molar-refractivity contribution in [3.8, 4) is 0 Å². The number of hydrogen-bond donors (Lipinski definition) is 4. The second-order valence-electron chi connectivity index (χ2n) is 3.69. The molecule has 0 radical (unpaired) electrons. The van der Waals surface area contributed by atoms with Gasteiger partial charge in [0.05, 0.1) is 23.7 Å². The standard InChI is InChI=1S/C11H11FN2O5/c12-6-3-5(11(18)19)1-2-8(6)14-10(17)7(13)4-9(15)16/h1-3,7H,4,13H2,(H,14,17)(H,15,16)(H,18,19). The van der Waals surface area contributed by atoms with Gasteiger partial charge in [0.2, 0.25) is 5.91 Å². The van der Waals surface area contributed by atoms with Gasteiger partial charge in [0.1, 0.15) is 5.82 Å². The van der Waals surface area contributed by atoms with Crippen LogP contribution in [0, 0.1) is 5.82 Å². The van der Waals surface area contributed by atoms with E-state index >= 15 is 0 Å². The van der Waals surface area contributed by atoms with Gasteiger partial charge in [0.25, 0.3) is 0 Å². The van der Waals surface area contributed by atoms with Crippen molar-refractivity contribution in [2.45, 2.75) is 12.5 Å². The average molecular weight is 270 g/mol. The lowest BCUT2D eigenvalue weighted by Crippen LogP contribution is -2.37. The highest BCUT2D eigenvalue weighted by atomic mass is 19.1. The molecular weight excluding hydrogens is 259 g/mol. The monoisotopic (exact) mass is 270 g/mol. The minimum absolute atomic E-state index is 0.268. The first-order valence-electron chi connectivity index (χ1n) is 5.12. The zero-order valence-corrected chi connectivity index (χ0v) is 9.59. The number of halogens is 1. The number of carboxylic acid groups (broad SMARTS) is 2. The highest BCUT2D eigenvalue weighted by molar-refractivity contribution is 5.97. The molecule has 1 aromatic carbocycles. The number of benzene rings is 1. The summed E-state index contributed by atoms with van der Waals surface area (Å²) in [6.07, 6.45) is -0.597. The normalized spacial score (nSPS) is 11.7. The Morgan fingerprint density at radius 1 is 1.32 bits per heavy atom. The van der Waals surface area contributed by atoms with E-state index in [0.29, 0.717) is 0 Å². The summed E-state index contributed by atoms with van der Waals surface area (Å²) in [6, 6.07) is 1.57. The number of nitrogens with two attached hydrogens (primary N) is 1. The lowest BCUT2D eigenvalue weighted by Gasteiger charge is -2.11. The molecule has 0 fully saturated rings. The number of aliphatic carboxylic acids is 1. The Kier molecular flexibility index (Phi) is 4.54. The van der Waals surface area contributed by atoms with Crippen LogP contribution in [-0.2, 0) is 9.59 Å². The van der Waals surface area contributed by atoms with Crippen molar-refractivity contribution in [1.29, 1.82) is 0 Å². The Balaban J connectivity index is 2.80. The van der Waals surface area contributed by atoms with Crippen molar-refractivity contribution in [3.63, 3.8) is 0 Å². The molecule has 102 valence electrons. The van der Waals surface area contributed by atoms with Gasteiger partial charge in [-0.3, -0.25) is 9.59 Å². The molecule has 1 rings (SSSR count). The van der Waals surface area contributed by atoms with E-state index in [4.69, 9.17) is 15.9 Å². The molecule has 0 aliphatic carbocycles. The van der Waals surface area contributed by atoms with Gasteiger partial charge in [-0.1, -0.05) is 0 Å². The van der Waals surface area contributed by atoms with Crippen LogP contribution in [0.4, 0.5) is 10.1 Å². The average Bonchev–Trinajstić information content (AvgIpc) is 2.30. The molecule has 1 aromatic rings. The smallest absolute Gasteiger partial charge is 0.335 e. The molecule has 0 aromatic heterocycles. The Hall–Kier alpha value is -2.48. The molecule has 0 aliphatic heterocycles. The first-order chi connectivity index (χ1) is 8.81. The molecule has 5 N–H and O–H groups in total. The number of carbonyl (C=O) groups excluding carboxylic acids is 1. The molecule has 0 saturated carbocycles. The molecule has 0 saturated heterocycles. The number of nitrogens with one attached hydrogen (secondary N) is 1. The molecule has 19 heavy (non-hydrogen) atoms. The maximum Gasteiger partial charge on any atom is 0.335 e. The SMILES string of the molecule is NC(CC(=O)O)C(=O)Nc1ccc(C(=O)O)cc1F. The Labute approximate surface area is 106 Å². The number of rotatable bonds is 5. The van der Waals surface area contributed by atoms with Gasteiger partial charge >= 0.3 is 11.9 Å². The highest BCUT2D eigenvalue weighted by Crippen LogP contribution is 2.16. The van der Waals surface area contributed by atoms with Gasteiger partial charge in [-0.2, -0.15) is 0 Å². The van der Waals surface area contributed by atoms with Crippen molar-refractivity contribution in [2.75, 3.05) is 5.32 Å². The van der Waals surface area contributed by atoms with Crippen LogP contribution in [0.2, 0.25) is 0 Å². The maximum atomic E-state index is 13.5. The summed E-state index contributed by atoms with van der Waals surface area (Å²) in [4.78, 5) is 32.4. The molecule has 8 heteroatoms. The highest BCUT2D eigenvalue weighted by Gasteiger charge is 2.18. The van der Waals surface area contributed by atoms with E-state index in [0.717, 1.165) is 18.2 Å². The largest absolute Gasteiger partial charge is 0.481 e. The fourth-order valence-corrected chi connectivity index (χ4v) is 1.26. The minimum atomic E-state index is -1.32. The van der Waals surface area contributed by atoms with Gasteiger partial charge < -0.3 is 21.3 Å². The topological polar surface area (TPSA) is 130 Å². The van der Waals surface area contributed by atoms with E-state index in [2.05, 4.69) is 5.32 Å². The van der Waals surface area contributed by atoms with Crippen molar-refractivity contribution in [1.82, 2.24) is 0 Å². The van der Waals surface area contributed by atoms with Gasteiger partial charge in [0, 0.05) is 0 Å². The second-order valence-corrected chi connectivity index (χ2v) is 3.69. The first-order valence-corrected chi connectivity index (χ1v) is 5.12. The summed E-state index contributed by atoms with van der Waals surface area (Å²) in [5.74, 6) is -4.39. The Bertz CT molecular complexity index is 532. The van der Waals surface area contributed by atoms with Gasteiger partial charge in [-0.25, -0.2) is 9.18 Å². The first kappa shape index (κ1) is 14.6. The molecule has 1 unspecified atom stereocenters. The summed E-state index contributed by atoms with van der Waals surface area (Å²) in [7, 11) is 0. The number of hydrogen-bond acceptors (Lipinski definition) is 4. The molecule has 0 spiro atoms. The van der Waals surface area contributed by atoms with Crippen LogP contribution in [0.1, 0.15) is 16.8 Å². The molecule has 1 amide bonds. The summed E-state index contributed by atoms with van der Waals surface area (Å²) in [6.45, 7) is 0. The minimum Gasteiger partial charge on any atom is -0.481 e. The second kappa shape index (κ2) is 5.91. The van der Waals surface area contributed by atoms with Crippen LogP contribution in [-0.4, -0.2) is 34.1 Å². The number of carboxylic acids is 2. The predicted molar refractivity (Wildman–Crippen MR) is 62.2 cm³/mol. The van der Waals surface area contributed by atoms with Gasteiger partial charge in [0.15, 0.2) is 0 Å². The summed E-state index contributed by atoms with van der Waals surface area (Å²) >= 11 is 0. The Morgan fingerprint density at radius 2 is 1.95 bits per heavy atom. The predicted octanol–water partition coefficient (Wildman–Crippen LogP) is 0.264. The van der Waals surface area contributed by atoms with Crippen molar-refractivity contribution in [2.24, 2.45) is 5.73 Å². The van der Waals surface area contributed by atoms with Crippen LogP contribution >= 0.6 is 0 Å². The third kappa shape index (κ3) is 4.03. The van der Waals surface area contributed by atoms with Gasteiger partial charge in [-0.15, -0.1) is 0 Å². The zero-order valence-electron chi connectivity index (χ0n) is 9.59. The van der Waals surface area contributed by atoms with Crippen molar-refractivity contribution in [3.05, 3.63) is 29.6 Å². The molecule has 0 heterocycles. The van der Waals surface area contributed by atoms with Crippen molar-refractivity contribution >= 4 is 23.5 Å². The van der Waals surface area contributed by atoms with E-state index in [9.17, 15) is 18.8 Å². The molecule has 7 nitrogen and oxygen atoms in total. The molecule has 0 bridgehead atoms. The number of anilines is 1. The molecular formula is C11H11FN2O5. The fraction of sp³-hybridized carbons (Fsp3) is 0.182. The van der Waals surface area contributed by atoms with E-state index in [1.807, 2.05) is 0 Å². The number of aromatic carboxylic acids is 1. The van der Waals surface area contributed by atoms with Crippen LogP contribution < -0.4 is 11.1 Å². The summed E-state index contributed by atoms with van der Waals surface area (Å²) in [5.41, 5.74) is 4.74. The Morgan fingerprint density at radius 3 is 2.42 bits per heavy atom. The van der Waals surface area contributed by atoms with Crippen LogP contribution in [0.3, 0.4) is 0 Å². The number of carbonyl (C=O) groups is 3. The van der Waals surface area contributed by atoms with E-state index < -0.39 is 36.1 Å². The molecule has 0 aliphatic rings. The van der Waals surface area contributed by atoms with E-state index in [-0.39, 0.29) is 11.3 Å². The lowest BCUT2D eigenvalue weighted by molar-refractivity contribution is -0.138. The van der Waals surface area contributed by atoms with Crippen LogP contribution in [0.5, 0.6) is 0 Å². The maximum absolute atomic E-state index is 13.5. The number of amides is 1. The third-order valence-corrected chi connectivity index (χ3v) is 2.21. The summed E-state index contributed by atoms with van der Waals surface area (Å²) < 4.78 is 13.5. The molecule has 1 atom stereocenters.